The number of hydrogen-bond acceptors (Lipinski definition) is 6. The molecule has 2 N–H and O–H groups in total. The maximum Gasteiger partial charge on any atom is 0.266 e. The van der Waals surface area contributed by atoms with Gasteiger partial charge < -0.3 is 15.5 Å². The van der Waals surface area contributed by atoms with E-state index in [1.807, 2.05) is 11.0 Å². The van der Waals surface area contributed by atoms with Crippen LogP contribution in [0.25, 0.3) is 0 Å². The van der Waals surface area contributed by atoms with E-state index in [0.29, 0.717) is 37.3 Å². The number of likely N-dealkylation sites (tertiary alicyclic amines) is 1. The highest BCUT2D eigenvalue weighted by molar-refractivity contribution is 5.93. The zero-order chi connectivity index (χ0) is 16.4. The topological polar surface area (TPSA) is 93.7 Å². The molecule has 7 heteroatoms. The van der Waals surface area contributed by atoms with E-state index in [-0.39, 0.29) is 5.91 Å². The van der Waals surface area contributed by atoms with Crippen LogP contribution in [0.1, 0.15) is 44.7 Å². The zero-order valence-corrected chi connectivity index (χ0v) is 13.6. The molecule has 1 amide bonds. The fourth-order valence-corrected chi connectivity index (χ4v) is 3.08. The number of anilines is 1. The van der Waals surface area contributed by atoms with E-state index in [2.05, 4.69) is 29.0 Å². The molecule has 1 aromatic heterocycles. The lowest BCUT2D eigenvalue weighted by Gasteiger charge is -2.32. The smallest absolute Gasteiger partial charge is 0.266 e. The molecule has 0 spiro atoms. The Labute approximate surface area is 135 Å². The maximum atomic E-state index is 12.5. The number of nitrogens with zero attached hydrogens (tertiary/aromatic N) is 4. The second-order valence-electron chi connectivity index (χ2n) is 6.47. The van der Waals surface area contributed by atoms with Crippen molar-refractivity contribution in [2.75, 3.05) is 18.8 Å². The first kappa shape index (κ1) is 15.7. The molecule has 0 bridgehead atoms. The summed E-state index contributed by atoms with van der Waals surface area (Å²) in [7, 11) is 0. The van der Waals surface area contributed by atoms with Crippen LogP contribution >= 0.6 is 0 Å². The van der Waals surface area contributed by atoms with Gasteiger partial charge in [0.2, 0.25) is 12.1 Å². The Morgan fingerprint density at radius 1 is 1.39 bits per heavy atom. The maximum absolute atomic E-state index is 12.5. The van der Waals surface area contributed by atoms with Gasteiger partial charge >= 0.3 is 0 Å². The molecular weight excluding hydrogens is 294 g/mol. The van der Waals surface area contributed by atoms with Gasteiger partial charge in [-0.05, 0) is 24.8 Å². The molecule has 1 unspecified atom stereocenters. The Balaban J connectivity index is 1.54. The molecule has 2 aliphatic rings. The summed E-state index contributed by atoms with van der Waals surface area (Å²) in [6.07, 6.45) is 3.61. The first-order valence-electron chi connectivity index (χ1n) is 8.14. The van der Waals surface area contributed by atoms with Gasteiger partial charge in [0.25, 0.3) is 5.91 Å². The predicted molar refractivity (Wildman–Crippen MR) is 86.8 cm³/mol. The lowest BCUT2D eigenvalue weighted by atomic mass is 9.92. The Morgan fingerprint density at radius 3 is 2.74 bits per heavy atom. The van der Waals surface area contributed by atoms with Crippen molar-refractivity contribution in [3.8, 4) is 0 Å². The number of carbonyl (C=O) groups is 1. The lowest BCUT2D eigenvalue weighted by molar-refractivity contribution is -0.143. The van der Waals surface area contributed by atoms with Crippen LogP contribution in [0.5, 0.6) is 0 Å². The highest BCUT2D eigenvalue weighted by Gasteiger charge is 2.34. The number of carbonyl (C=O) groups excluding carboxylic acids is 1. The van der Waals surface area contributed by atoms with E-state index in [4.69, 9.17) is 10.6 Å². The van der Waals surface area contributed by atoms with E-state index in [0.717, 1.165) is 24.2 Å². The van der Waals surface area contributed by atoms with E-state index < -0.39 is 6.10 Å². The Morgan fingerprint density at radius 2 is 2.13 bits per heavy atom. The molecule has 1 saturated heterocycles. The molecule has 0 aliphatic carbocycles. The lowest BCUT2D eigenvalue weighted by Crippen LogP contribution is -2.43. The summed E-state index contributed by atoms with van der Waals surface area (Å²) >= 11 is 0. The number of oxime groups is 1. The van der Waals surface area contributed by atoms with Crippen LogP contribution in [0.4, 0.5) is 5.95 Å². The van der Waals surface area contributed by atoms with Crippen LogP contribution in [-0.4, -0.2) is 45.7 Å². The number of rotatable bonds is 3. The van der Waals surface area contributed by atoms with Crippen molar-refractivity contribution in [2.45, 2.75) is 45.1 Å². The van der Waals surface area contributed by atoms with Crippen molar-refractivity contribution in [3.63, 3.8) is 0 Å². The van der Waals surface area contributed by atoms with Gasteiger partial charge in [0.15, 0.2) is 0 Å². The molecule has 1 fully saturated rings. The normalized spacial score (nSPS) is 22.1. The Kier molecular flexibility index (Phi) is 4.45. The van der Waals surface area contributed by atoms with Crippen LogP contribution in [0, 0.1) is 5.92 Å². The number of amides is 1. The molecule has 23 heavy (non-hydrogen) atoms. The fourth-order valence-electron chi connectivity index (χ4n) is 3.08. The molecule has 2 aliphatic heterocycles. The van der Waals surface area contributed by atoms with Crippen molar-refractivity contribution in [2.24, 2.45) is 11.1 Å². The van der Waals surface area contributed by atoms with Gasteiger partial charge in [0.05, 0.1) is 5.71 Å². The molecule has 124 valence electrons. The molecule has 1 aromatic rings. The molecule has 1 atom stereocenters. The van der Waals surface area contributed by atoms with Crippen molar-refractivity contribution >= 4 is 17.6 Å². The molecule has 7 nitrogen and oxygen atoms in total. The van der Waals surface area contributed by atoms with Gasteiger partial charge in [-0.3, -0.25) is 4.79 Å². The minimum absolute atomic E-state index is 0.0463. The van der Waals surface area contributed by atoms with Crippen molar-refractivity contribution in [1.82, 2.24) is 14.9 Å². The second kappa shape index (κ2) is 6.52. The predicted octanol–water partition coefficient (Wildman–Crippen LogP) is 1.57. The number of piperidine rings is 1. The quantitative estimate of drug-likeness (QED) is 0.913. The summed E-state index contributed by atoms with van der Waals surface area (Å²) < 4.78 is 0. The molecule has 3 heterocycles. The summed E-state index contributed by atoms with van der Waals surface area (Å²) in [4.78, 5) is 28.0. The zero-order valence-electron chi connectivity index (χ0n) is 13.6. The SMILES string of the molecule is CC(C)C1=NOC(C(=O)N2CCC(c3ccnc(N)n3)CC2)C1. The second-order valence-corrected chi connectivity index (χ2v) is 6.47. The van der Waals surface area contributed by atoms with Gasteiger partial charge in [-0.2, -0.15) is 0 Å². The third-order valence-electron chi connectivity index (χ3n) is 4.55. The average molecular weight is 317 g/mol. The van der Waals surface area contributed by atoms with E-state index in [1.54, 1.807) is 6.20 Å². The van der Waals surface area contributed by atoms with Crippen LogP contribution in [0.2, 0.25) is 0 Å². The summed E-state index contributed by atoms with van der Waals surface area (Å²) in [5.74, 6) is 1.00. The monoisotopic (exact) mass is 317 g/mol. The largest absolute Gasteiger partial charge is 0.382 e. The minimum atomic E-state index is -0.446. The fraction of sp³-hybridized carbons (Fsp3) is 0.625. The first-order chi connectivity index (χ1) is 11.0. The Bertz CT molecular complexity index is 608. The third-order valence-corrected chi connectivity index (χ3v) is 4.55. The molecular formula is C16H23N5O2. The average Bonchev–Trinajstić information content (AvgIpc) is 3.04. The Hall–Kier alpha value is -2.18. The molecule has 0 aromatic carbocycles. The molecule has 0 saturated carbocycles. The van der Waals surface area contributed by atoms with Gasteiger partial charge in [-0.15, -0.1) is 0 Å². The van der Waals surface area contributed by atoms with Gasteiger partial charge in [-0.1, -0.05) is 19.0 Å². The van der Waals surface area contributed by atoms with Crippen LogP contribution in [0.15, 0.2) is 17.4 Å². The summed E-state index contributed by atoms with van der Waals surface area (Å²) in [5, 5.41) is 4.04. The summed E-state index contributed by atoms with van der Waals surface area (Å²) in [5.41, 5.74) is 7.58. The van der Waals surface area contributed by atoms with Crippen molar-refractivity contribution in [1.29, 1.82) is 0 Å². The van der Waals surface area contributed by atoms with E-state index >= 15 is 0 Å². The first-order valence-corrected chi connectivity index (χ1v) is 8.14. The van der Waals surface area contributed by atoms with Crippen LogP contribution in [0.3, 0.4) is 0 Å². The van der Waals surface area contributed by atoms with Gasteiger partial charge in [-0.25, -0.2) is 9.97 Å². The highest BCUT2D eigenvalue weighted by Crippen LogP contribution is 2.28. The highest BCUT2D eigenvalue weighted by atomic mass is 16.6. The molecule has 3 rings (SSSR count). The summed E-state index contributed by atoms with van der Waals surface area (Å²) in [6.45, 7) is 5.55. The minimum Gasteiger partial charge on any atom is -0.382 e. The number of nitrogens with two attached hydrogens (primary N) is 1. The van der Waals surface area contributed by atoms with Crippen LogP contribution < -0.4 is 5.73 Å². The summed E-state index contributed by atoms with van der Waals surface area (Å²) in [6, 6.07) is 1.90. The van der Waals surface area contributed by atoms with E-state index in [1.165, 1.54) is 0 Å². The number of nitrogen functional groups attached to an aromatic ring is 1. The third kappa shape index (κ3) is 3.43. The van der Waals surface area contributed by atoms with E-state index in [9.17, 15) is 4.79 Å². The van der Waals surface area contributed by atoms with Gasteiger partial charge in [0.1, 0.15) is 0 Å². The number of aromatic nitrogens is 2. The van der Waals surface area contributed by atoms with Crippen molar-refractivity contribution in [3.05, 3.63) is 18.0 Å². The van der Waals surface area contributed by atoms with Crippen molar-refractivity contribution < 1.29 is 9.63 Å². The number of hydrogen-bond donors (Lipinski definition) is 1. The standard InChI is InChI=1S/C16H23N5O2/c1-10(2)13-9-14(23-20-13)15(22)21-7-4-11(5-8-21)12-3-6-18-16(17)19-12/h3,6,10-11,14H,4-5,7-9H2,1-2H3,(H2,17,18,19). The van der Waals surface area contributed by atoms with Crippen LogP contribution in [-0.2, 0) is 9.63 Å². The van der Waals surface area contributed by atoms with Gasteiger partial charge in [0, 0.05) is 37.3 Å². The molecule has 0 radical (unpaired) electrons.